The van der Waals surface area contributed by atoms with Crippen LogP contribution in [0.25, 0.3) is 0 Å². The summed E-state index contributed by atoms with van der Waals surface area (Å²) in [4.78, 5) is 33.9. The second-order valence-corrected chi connectivity index (χ2v) is 16.6. The highest BCUT2D eigenvalue weighted by atomic mass is 28.4. The van der Waals surface area contributed by atoms with Gasteiger partial charge in [-0.1, -0.05) is 74.5 Å². The van der Waals surface area contributed by atoms with Gasteiger partial charge in [-0.15, -0.1) is 0 Å². The Bertz CT molecular complexity index is 1430. The van der Waals surface area contributed by atoms with Crippen molar-refractivity contribution in [1.82, 2.24) is 4.90 Å². The molecule has 226 valence electrons. The Kier molecular flexibility index (Phi) is 10.3. The molecule has 3 aromatic carbocycles. The molecular formula is C34H40N2O6Si. The number of benzene rings is 3. The van der Waals surface area contributed by atoms with E-state index in [2.05, 4.69) is 39.0 Å². The Labute approximate surface area is 255 Å². The highest BCUT2D eigenvalue weighted by molar-refractivity contribution is 6.74. The third-order valence-corrected chi connectivity index (χ3v) is 12.3. The smallest absolute Gasteiger partial charge is 0.365 e. The number of amidine groups is 1. The second-order valence-electron chi connectivity index (χ2n) is 11.8. The van der Waals surface area contributed by atoms with Crippen molar-refractivity contribution in [2.24, 2.45) is 5.16 Å². The predicted octanol–water partition coefficient (Wildman–Crippen LogP) is 6.70. The number of hydrogen-bond acceptors (Lipinski definition) is 7. The van der Waals surface area contributed by atoms with Crippen LogP contribution in [0.15, 0.2) is 102 Å². The van der Waals surface area contributed by atoms with Gasteiger partial charge in [0.2, 0.25) is 0 Å². The van der Waals surface area contributed by atoms with Crippen LogP contribution in [-0.4, -0.2) is 63.4 Å². The Morgan fingerprint density at radius 3 is 2.02 bits per heavy atom. The van der Waals surface area contributed by atoms with E-state index < -0.39 is 20.3 Å². The van der Waals surface area contributed by atoms with Crippen molar-refractivity contribution >= 4 is 26.0 Å². The predicted molar refractivity (Wildman–Crippen MR) is 170 cm³/mol. The minimum Gasteiger partial charge on any atom is -0.497 e. The lowest BCUT2D eigenvalue weighted by Gasteiger charge is -2.38. The summed E-state index contributed by atoms with van der Waals surface area (Å²) in [7, 11) is -0.390. The van der Waals surface area contributed by atoms with Gasteiger partial charge in [0.1, 0.15) is 5.75 Å². The lowest BCUT2D eigenvalue weighted by molar-refractivity contribution is 0.0171. The fourth-order valence-electron chi connectivity index (χ4n) is 4.17. The monoisotopic (exact) mass is 600 g/mol. The van der Waals surface area contributed by atoms with Crippen molar-refractivity contribution in [1.29, 1.82) is 0 Å². The maximum absolute atomic E-state index is 14.1. The second kappa shape index (κ2) is 13.9. The van der Waals surface area contributed by atoms with Crippen molar-refractivity contribution in [3.63, 3.8) is 0 Å². The molecule has 0 saturated carbocycles. The van der Waals surface area contributed by atoms with Crippen molar-refractivity contribution in [3.8, 4) is 5.75 Å². The van der Waals surface area contributed by atoms with E-state index in [0.717, 1.165) is 0 Å². The van der Waals surface area contributed by atoms with Gasteiger partial charge in [-0.25, -0.2) is 4.79 Å². The van der Waals surface area contributed by atoms with E-state index in [1.54, 1.807) is 79.9 Å². The van der Waals surface area contributed by atoms with Gasteiger partial charge < -0.3 is 18.7 Å². The van der Waals surface area contributed by atoms with Crippen LogP contribution < -0.4 is 4.74 Å². The Morgan fingerprint density at radius 2 is 1.49 bits per heavy atom. The zero-order valence-electron chi connectivity index (χ0n) is 25.7. The highest BCUT2D eigenvalue weighted by Crippen LogP contribution is 2.36. The molecule has 1 aliphatic heterocycles. The molecule has 0 aliphatic carbocycles. The molecule has 0 aromatic heterocycles. The van der Waals surface area contributed by atoms with Gasteiger partial charge in [-0.05, 0) is 66.7 Å². The molecule has 4 rings (SSSR count). The SMILES string of the molecule is COc1ccc(/C(=N\OC(=O)c2ccccc2)N(C(=O)c2ccccc2)[C@@H]2C=C[C@@H](CO[Si](C)(C)C(C)(C)C)OC2)cc1. The first kappa shape index (κ1) is 31.9. The van der Waals surface area contributed by atoms with Gasteiger partial charge in [0.25, 0.3) is 5.91 Å². The average Bonchev–Trinajstić information content (AvgIpc) is 3.02. The third kappa shape index (κ3) is 8.07. The molecule has 0 bridgehead atoms. The van der Waals surface area contributed by atoms with E-state index in [4.69, 9.17) is 18.7 Å². The van der Waals surface area contributed by atoms with Crippen molar-refractivity contribution < 1.29 is 28.3 Å². The number of rotatable bonds is 9. The normalized spacial score (nSPS) is 17.3. The van der Waals surface area contributed by atoms with Crippen LogP contribution in [0.4, 0.5) is 0 Å². The van der Waals surface area contributed by atoms with Crippen LogP contribution in [0.5, 0.6) is 5.75 Å². The number of carbonyl (C=O) groups excluding carboxylic acids is 2. The van der Waals surface area contributed by atoms with Crippen LogP contribution in [0.1, 0.15) is 47.1 Å². The Hall–Kier alpha value is -4.05. The first-order valence-corrected chi connectivity index (χ1v) is 17.2. The van der Waals surface area contributed by atoms with Crippen LogP contribution in [0, 0.1) is 0 Å². The molecule has 0 N–H and O–H groups in total. The fraction of sp³-hybridized carbons (Fsp3) is 0.324. The van der Waals surface area contributed by atoms with Gasteiger partial charge in [0.15, 0.2) is 14.2 Å². The lowest BCUT2D eigenvalue weighted by atomic mass is 10.1. The molecule has 0 spiro atoms. The largest absolute Gasteiger partial charge is 0.497 e. The van der Waals surface area contributed by atoms with E-state index in [9.17, 15) is 9.59 Å². The lowest BCUT2D eigenvalue weighted by Crippen LogP contribution is -2.49. The first-order valence-electron chi connectivity index (χ1n) is 14.3. The van der Waals surface area contributed by atoms with E-state index in [1.165, 1.54) is 4.90 Å². The fourth-order valence-corrected chi connectivity index (χ4v) is 5.18. The highest BCUT2D eigenvalue weighted by Gasteiger charge is 2.38. The zero-order valence-corrected chi connectivity index (χ0v) is 26.7. The number of hydrogen-bond donors (Lipinski definition) is 0. The molecule has 8 nitrogen and oxygen atoms in total. The maximum atomic E-state index is 14.1. The molecule has 1 amide bonds. The summed E-state index contributed by atoms with van der Waals surface area (Å²) in [5.74, 6) is -0.164. The molecule has 0 fully saturated rings. The van der Waals surface area contributed by atoms with Gasteiger partial charge in [-0.2, -0.15) is 0 Å². The minimum atomic E-state index is -1.97. The summed E-state index contributed by atoms with van der Waals surface area (Å²) < 4.78 is 17.9. The summed E-state index contributed by atoms with van der Waals surface area (Å²) >= 11 is 0. The number of oxime groups is 1. The molecule has 0 unspecified atom stereocenters. The van der Waals surface area contributed by atoms with E-state index in [1.807, 2.05) is 24.3 Å². The summed E-state index contributed by atoms with van der Waals surface area (Å²) in [6.07, 6.45) is 3.60. The third-order valence-electron chi connectivity index (χ3n) is 7.82. The number of nitrogens with zero attached hydrogens (tertiary/aromatic N) is 2. The number of ether oxygens (including phenoxy) is 2. The number of methoxy groups -OCH3 is 1. The molecule has 9 heteroatoms. The summed E-state index contributed by atoms with van der Waals surface area (Å²) in [6.45, 7) is 11.6. The van der Waals surface area contributed by atoms with Gasteiger partial charge in [0, 0.05) is 11.1 Å². The van der Waals surface area contributed by atoms with Crippen LogP contribution in [0.2, 0.25) is 18.1 Å². The van der Waals surface area contributed by atoms with Crippen LogP contribution in [-0.2, 0) is 14.0 Å². The van der Waals surface area contributed by atoms with Gasteiger partial charge in [0.05, 0.1) is 38.0 Å². The van der Waals surface area contributed by atoms with E-state index in [0.29, 0.717) is 29.0 Å². The topological polar surface area (TPSA) is 86.7 Å². The van der Waals surface area contributed by atoms with Crippen LogP contribution in [0.3, 0.4) is 0 Å². The summed E-state index contributed by atoms with van der Waals surface area (Å²) in [5, 5.41) is 4.36. The summed E-state index contributed by atoms with van der Waals surface area (Å²) in [6, 6.07) is 24.0. The van der Waals surface area contributed by atoms with E-state index >= 15 is 0 Å². The molecule has 0 radical (unpaired) electrons. The van der Waals surface area contributed by atoms with Gasteiger partial charge >= 0.3 is 5.97 Å². The maximum Gasteiger partial charge on any atom is 0.365 e. The molecule has 1 aliphatic rings. The number of amides is 1. The minimum absolute atomic E-state index is 0.0771. The Balaban J connectivity index is 1.69. The van der Waals surface area contributed by atoms with Gasteiger partial charge in [-0.3, -0.25) is 9.69 Å². The molecule has 1 heterocycles. The number of carbonyl (C=O) groups is 2. The van der Waals surface area contributed by atoms with Crippen molar-refractivity contribution in [2.75, 3.05) is 20.3 Å². The molecule has 0 saturated heterocycles. The molecule has 2 atom stereocenters. The molecule has 43 heavy (non-hydrogen) atoms. The van der Waals surface area contributed by atoms with Crippen LogP contribution >= 0.6 is 0 Å². The van der Waals surface area contributed by atoms with Crippen molar-refractivity contribution in [3.05, 3.63) is 114 Å². The van der Waals surface area contributed by atoms with Crippen molar-refractivity contribution in [2.45, 2.75) is 51.0 Å². The quantitative estimate of drug-likeness (QED) is 0.0678. The summed E-state index contributed by atoms with van der Waals surface area (Å²) in [5.41, 5.74) is 1.35. The van der Waals surface area contributed by atoms with E-state index in [-0.39, 0.29) is 29.5 Å². The standard InChI is InChI=1S/C34H40N2O6Si/c1-34(2,3)43(5,6)41-24-30-22-19-28(23-40-30)36(32(37)26-13-9-7-10-14-26)31(25-17-20-29(39-4)21-18-25)35-42-33(38)27-15-11-8-12-16-27/h7-22,28,30H,23-24H2,1-6H3/b35-31+/t28-,30+/m1/s1. The zero-order chi connectivity index (χ0) is 31.0. The molecule has 3 aromatic rings. The Morgan fingerprint density at radius 1 is 0.884 bits per heavy atom. The average molecular weight is 601 g/mol. The first-order chi connectivity index (χ1) is 20.5. The molecular weight excluding hydrogens is 560 g/mol.